The number of hydrogen-bond donors (Lipinski definition) is 3. The molecule has 7 nitrogen and oxygen atoms in total. The summed E-state index contributed by atoms with van der Waals surface area (Å²) in [6, 6.07) is 12.6. The molecule has 5 rings (SSSR count). The summed E-state index contributed by atoms with van der Waals surface area (Å²) < 4.78 is 27.1. The molecule has 3 N–H and O–H groups in total. The maximum Gasteiger partial charge on any atom is 0.348 e. The molecule has 0 aliphatic carbocycles. The number of nitrogens with zero attached hydrogens (tertiary/aromatic N) is 3. The van der Waals surface area contributed by atoms with Gasteiger partial charge in [-0.2, -0.15) is 4.98 Å². The van der Waals surface area contributed by atoms with Gasteiger partial charge in [-0.25, -0.2) is 18.6 Å². The Hall–Kier alpha value is -3.59. The van der Waals surface area contributed by atoms with Gasteiger partial charge in [0, 0.05) is 31.6 Å². The van der Waals surface area contributed by atoms with E-state index in [1.54, 1.807) is 24.3 Å². The minimum Gasteiger partial charge on any atom is -0.352 e. The summed E-state index contributed by atoms with van der Waals surface area (Å²) in [5.74, 6) is -0.230. The van der Waals surface area contributed by atoms with Gasteiger partial charge in [0.05, 0.1) is 6.33 Å². The number of imidazole rings is 1. The second kappa shape index (κ2) is 7.92. The highest BCUT2D eigenvalue weighted by Crippen LogP contribution is 2.31. The van der Waals surface area contributed by atoms with E-state index in [0.717, 1.165) is 11.1 Å². The van der Waals surface area contributed by atoms with E-state index in [1.165, 1.54) is 30.6 Å². The molecule has 0 spiro atoms. The Balaban J connectivity index is 1.53. The van der Waals surface area contributed by atoms with E-state index in [2.05, 4.69) is 25.3 Å². The Kier molecular flexibility index (Phi) is 4.95. The van der Waals surface area contributed by atoms with Crippen LogP contribution < -0.4 is 15.9 Å². The molecule has 2 aromatic carbocycles. The van der Waals surface area contributed by atoms with Gasteiger partial charge in [0.25, 0.3) is 0 Å². The highest BCUT2D eigenvalue weighted by Gasteiger charge is 2.31. The second-order valence-electron chi connectivity index (χ2n) is 7.58. The summed E-state index contributed by atoms with van der Waals surface area (Å²) in [6.07, 6.45) is 1.52. The van der Waals surface area contributed by atoms with E-state index < -0.39 is 5.69 Å². The predicted molar refractivity (Wildman–Crippen MR) is 113 cm³/mol. The zero-order chi connectivity index (χ0) is 21.4. The van der Waals surface area contributed by atoms with Gasteiger partial charge >= 0.3 is 5.69 Å². The van der Waals surface area contributed by atoms with Crippen LogP contribution in [-0.2, 0) is 0 Å². The number of anilines is 1. The maximum atomic E-state index is 13.6. The number of H-pyrrole nitrogens is 2. The summed E-state index contributed by atoms with van der Waals surface area (Å²) in [4.78, 5) is 28.1. The molecule has 158 valence electrons. The van der Waals surface area contributed by atoms with Crippen molar-refractivity contribution in [3.05, 3.63) is 88.1 Å². The van der Waals surface area contributed by atoms with Gasteiger partial charge in [-0.15, -0.1) is 0 Å². The lowest BCUT2D eigenvalue weighted by Gasteiger charge is -2.39. The molecule has 31 heavy (non-hydrogen) atoms. The van der Waals surface area contributed by atoms with Crippen molar-refractivity contribution in [2.24, 2.45) is 0 Å². The van der Waals surface area contributed by atoms with Gasteiger partial charge in [0.1, 0.15) is 17.2 Å². The Bertz CT molecular complexity index is 1210. The zero-order valence-electron chi connectivity index (χ0n) is 16.5. The highest BCUT2D eigenvalue weighted by atomic mass is 19.1. The van der Waals surface area contributed by atoms with Gasteiger partial charge in [0.2, 0.25) is 0 Å². The summed E-state index contributed by atoms with van der Waals surface area (Å²) in [6.45, 7) is 1.86. The third-order valence-corrected chi connectivity index (χ3v) is 5.66. The van der Waals surface area contributed by atoms with Crippen molar-refractivity contribution in [3.8, 4) is 0 Å². The maximum absolute atomic E-state index is 13.6. The van der Waals surface area contributed by atoms with Crippen molar-refractivity contribution >= 4 is 17.0 Å². The van der Waals surface area contributed by atoms with E-state index in [4.69, 9.17) is 0 Å². The van der Waals surface area contributed by atoms with Crippen molar-refractivity contribution in [2.75, 3.05) is 24.5 Å². The lowest BCUT2D eigenvalue weighted by atomic mass is 9.84. The standard InChI is InChI=1S/C22H20F2N6O/c23-15-5-1-13(2-6-15)18(14-3-7-16(24)8-4-14)17-11-30(10-9-25-17)21-19-20(27-12-26-19)28-22(31)29-21/h1-8,12,17-18,25H,9-11H2,(H2,26,27,28,29,31). The van der Waals surface area contributed by atoms with Gasteiger partial charge in [-0.3, -0.25) is 4.98 Å². The lowest BCUT2D eigenvalue weighted by molar-refractivity contribution is 0.420. The minimum atomic E-state index is -0.460. The molecule has 4 aromatic rings. The molecule has 1 fully saturated rings. The number of piperazine rings is 1. The van der Waals surface area contributed by atoms with E-state index in [1.807, 2.05) is 4.90 Å². The van der Waals surface area contributed by atoms with Crippen molar-refractivity contribution in [2.45, 2.75) is 12.0 Å². The van der Waals surface area contributed by atoms with Gasteiger partial charge < -0.3 is 15.2 Å². The van der Waals surface area contributed by atoms with Crippen LogP contribution in [0, 0.1) is 11.6 Å². The van der Waals surface area contributed by atoms with Crippen molar-refractivity contribution in [1.29, 1.82) is 0 Å². The average Bonchev–Trinajstić information content (AvgIpc) is 3.25. The summed E-state index contributed by atoms with van der Waals surface area (Å²) in [5.41, 5.74) is 2.49. The largest absolute Gasteiger partial charge is 0.352 e. The first-order chi connectivity index (χ1) is 15.1. The van der Waals surface area contributed by atoms with Crippen LogP contribution in [0.4, 0.5) is 14.6 Å². The quantitative estimate of drug-likeness (QED) is 0.470. The first-order valence-corrected chi connectivity index (χ1v) is 10.0. The Morgan fingerprint density at radius 1 is 1.00 bits per heavy atom. The number of fused-ring (bicyclic) bond motifs is 1. The number of nitrogens with one attached hydrogen (secondary N) is 3. The van der Waals surface area contributed by atoms with Crippen molar-refractivity contribution < 1.29 is 8.78 Å². The predicted octanol–water partition coefficient (Wildman–Crippen LogP) is 2.53. The topological polar surface area (TPSA) is 89.7 Å². The molecule has 3 heterocycles. The molecular weight excluding hydrogens is 402 g/mol. The third kappa shape index (κ3) is 3.79. The van der Waals surface area contributed by atoms with Crippen LogP contribution in [-0.4, -0.2) is 45.6 Å². The zero-order valence-corrected chi connectivity index (χ0v) is 16.5. The van der Waals surface area contributed by atoms with Crippen LogP contribution in [0.3, 0.4) is 0 Å². The molecule has 1 saturated heterocycles. The second-order valence-corrected chi connectivity index (χ2v) is 7.58. The van der Waals surface area contributed by atoms with E-state index in [9.17, 15) is 13.6 Å². The molecule has 0 bridgehead atoms. The van der Waals surface area contributed by atoms with Crippen LogP contribution >= 0.6 is 0 Å². The van der Waals surface area contributed by atoms with Crippen molar-refractivity contribution in [1.82, 2.24) is 25.3 Å². The van der Waals surface area contributed by atoms with E-state index in [-0.39, 0.29) is 23.6 Å². The molecule has 0 radical (unpaired) electrons. The fourth-order valence-electron chi connectivity index (χ4n) is 4.26. The van der Waals surface area contributed by atoms with Gasteiger partial charge in [-0.1, -0.05) is 24.3 Å². The van der Waals surface area contributed by atoms with E-state index in [0.29, 0.717) is 36.6 Å². The molecule has 0 saturated carbocycles. The number of aromatic nitrogens is 4. The monoisotopic (exact) mass is 422 g/mol. The molecule has 1 aliphatic rings. The number of aromatic amines is 2. The summed E-state index contributed by atoms with van der Waals surface area (Å²) in [5, 5.41) is 3.53. The fraction of sp³-hybridized carbons (Fsp3) is 0.227. The SMILES string of the molecule is O=c1nc(N2CCNC(C(c3ccc(F)cc3)c3ccc(F)cc3)C2)c2[nH]cnc2[nH]1. The number of hydrogen-bond acceptors (Lipinski definition) is 5. The number of halogens is 2. The first kappa shape index (κ1) is 19.4. The van der Waals surface area contributed by atoms with Crippen molar-refractivity contribution in [3.63, 3.8) is 0 Å². The molecule has 1 aliphatic heterocycles. The third-order valence-electron chi connectivity index (χ3n) is 5.66. The Morgan fingerprint density at radius 2 is 1.65 bits per heavy atom. The fourth-order valence-corrected chi connectivity index (χ4v) is 4.26. The lowest BCUT2D eigenvalue weighted by Crippen LogP contribution is -2.54. The number of rotatable bonds is 4. The molecule has 1 unspecified atom stereocenters. The molecular formula is C22H20F2N6O. The van der Waals surface area contributed by atoms with Gasteiger partial charge in [0.15, 0.2) is 11.5 Å². The van der Waals surface area contributed by atoms with Crippen LogP contribution in [0.15, 0.2) is 59.7 Å². The Labute approximate surface area is 176 Å². The molecule has 1 atom stereocenters. The molecule has 2 aromatic heterocycles. The van der Waals surface area contributed by atoms with E-state index >= 15 is 0 Å². The Morgan fingerprint density at radius 3 is 2.29 bits per heavy atom. The highest BCUT2D eigenvalue weighted by molar-refractivity contribution is 5.82. The summed E-state index contributed by atoms with van der Waals surface area (Å²) >= 11 is 0. The van der Waals surface area contributed by atoms with Crippen LogP contribution in [0.25, 0.3) is 11.2 Å². The molecule has 9 heteroatoms. The van der Waals surface area contributed by atoms with Gasteiger partial charge in [-0.05, 0) is 35.4 Å². The first-order valence-electron chi connectivity index (χ1n) is 10.0. The van der Waals surface area contributed by atoms with Crippen LogP contribution in [0.5, 0.6) is 0 Å². The van der Waals surface area contributed by atoms with Crippen LogP contribution in [0.2, 0.25) is 0 Å². The average molecular weight is 422 g/mol. The van der Waals surface area contributed by atoms with Crippen LogP contribution in [0.1, 0.15) is 17.0 Å². The minimum absolute atomic E-state index is 0.0799. The summed E-state index contributed by atoms with van der Waals surface area (Å²) in [7, 11) is 0. The normalized spacial score (nSPS) is 16.9. The smallest absolute Gasteiger partial charge is 0.348 e. The molecule has 0 amide bonds. The number of benzene rings is 2.